The number of amidine groups is 1. The van der Waals surface area contributed by atoms with E-state index in [4.69, 9.17) is 26.2 Å². The maximum atomic E-state index is 12.9. The third-order valence-corrected chi connectivity index (χ3v) is 6.48. The van der Waals surface area contributed by atoms with Crippen molar-refractivity contribution in [2.75, 3.05) is 17.0 Å². The number of ether oxygens (including phenoxy) is 2. The van der Waals surface area contributed by atoms with Crippen LogP contribution < -0.4 is 19.4 Å². The summed E-state index contributed by atoms with van der Waals surface area (Å²) < 4.78 is 12.1. The molecule has 1 aliphatic rings. The molecule has 0 fully saturated rings. The van der Waals surface area contributed by atoms with Crippen LogP contribution in [0.3, 0.4) is 0 Å². The van der Waals surface area contributed by atoms with Crippen molar-refractivity contribution in [1.82, 2.24) is 0 Å². The maximum absolute atomic E-state index is 12.9. The van der Waals surface area contributed by atoms with Gasteiger partial charge >= 0.3 is 0 Å². The number of nitrogens with zero attached hydrogens (tertiary/aromatic N) is 3. The second kappa shape index (κ2) is 10.8. The van der Waals surface area contributed by atoms with E-state index in [1.807, 2.05) is 113 Å². The van der Waals surface area contributed by atoms with Gasteiger partial charge in [0.1, 0.15) is 6.61 Å². The number of rotatable bonds is 8. The number of methoxy groups -OCH3 is 1. The third kappa shape index (κ3) is 4.88. The van der Waals surface area contributed by atoms with Crippen LogP contribution in [-0.2, 0) is 11.4 Å². The van der Waals surface area contributed by atoms with E-state index in [0.717, 1.165) is 22.5 Å². The number of anilines is 2. The molecule has 1 aliphatic heterocycles. The Morgan fingerprint density at radius 1 is 0.865 bits per heavy atom. The van der Waals surface area contributed by atoms with Crippen molar-refractivity contribution in [3.63, 3.8) is 0 Å². The zero-order valence-corrected chi connectivity index (χ0v) is 21.3. The first kappa shape index (κ1) is 24.4. The molecular formula is C30H26ClN3O3. The van der Waals surface area contributed by atoms with Gasteiger partial charge in [0.05, 0.1) is 12.8 Å². The molecule has 7 heteroatoms. The Morgan fingerprint density at radius 2 is 1.51 bits per heavy atom. The van der Waals surface area contributed by atoms with Gasteiger partial charge in [-0.25, -0.2) is 5.01 Å². The van der Waals surface area contributed by atoms with E-state index in [9.17, 15) is 4.79 Å². The summed E-state index contributed by atoms with van der Waals surface area (Å²) >= 11 is 6.41. The minimum atomic E-state index is -0.514. The molecule has 0 amide bonds. The molecule has 1 atom stereocenters. The molecule has 0 N–H and O–H groups in total. The number of Topliss-reactive ketones (excluding diaryl/α,β-unsaturated/α-hetero) is 1. The van der Waals surface area contributed by atoms with E-state index in [-0.39, 0.29) is 12.4 Å². The highest BCUT2D eigenvalue weighted by Gasteiger charge is 2.41. The van der Waals surface area contributed by atoms with Gasteiger partial charge in [-0.1, -0.05) is 78.3 Å². The topological polar surface area (TPSA) is 54.4 Å². The normalized spacial score (nSPS) is 14.9. The van der Waals surface area contributed by atoms with Crippen molar-refractivity contribution in [3.8, 4) is 11.5 Å². The number of hydrazone groups is 1. The van der Waals surface area contributed by atoms with Crippen LogP contribution in [0, 0.1) is 0 Å². The Hall–Kier alpha value is -4.29. The van der Waals surface area contributed by atoms with Crippen LogP contribution >= 0.6 is 11.6 Å². The quantitative estimate of drug-likeness (QED) is 0.259. The van der Waals surface area contributed by atoms with Gasteiger partial charge in [0.2, 0.25) is 0 Å². The molecule has 0 bridgehead atoms. The molecule has 0 radical (unpaired) electrons. The van der Waals surface area contributed by atoms with Gasteiger partial charge in [-0.15, -0.1) is 5.10 Å². The van der Waals surface area contributed by atoms with Crippen LogP contribution in [0.15, 0.2) is 108 Å². The predicted octanol–water partition coefficient (Wildman–Crippen LogP) is 6.86. The van der Waals surface area contributed by atoms with Crippen molar-refractivity contribution in [1.29, 1.82) is 0 Å². The second-order valence-corrected chi connectivity index (χ2v) is 8.91. The molecule has 4 aromatic rings. The van der Waals surface area contributed by atoms with Gasteiger partial charge < -0.3 is 9.47 Å². The predicted molar refractivity (Wildman–Crippen MR) is 147 cm³/mol. The minimum Gasteiger partial charge on any atom is -0.493 e. The fourth-order valence-corrected chi connectivity index (χ4v) is 4.58. The molecule has 0 aromatic heterocycles. The average Bonchev–Trinajstić information content (AvgIpc) is 3.34. The van der Waals surface area contributed by atoms with Gasteiger partial charge in [-0.05, 0) is 36.4 Å². The van der Waals surface area contributed by atoms with Crippen LogP contribution in [-0.4, -0.2) is 18.7 Å². The lowest BCUT2D eigenvalue weighted by Gasteiger charge is -2.33. The zero-order chi connectivity index (χ0) is 25.8. The lowest BCUT2D eigenvalue weighted by molar-refractivity contribution is -0.111. The van der Waals surface area contributed by atoms with Gasteiger partial charge in [0.25, 0.3) is 0 Å². The molecule has 186 valence electrons. The van der Waals surface area contributed by atoms with Crippen LogP contribution in [0.4, 0.5) is 11.4 Å². The highest BCUT2D eigenvalue weighted by atomic mass is 35.5. The number of para-hydroxylation sites is 3. The summed E-state index contributed by atoms with van der Waals surface area (Å²) in [7, 11) is 1.61. The number of ketones is 1. The van der Waals surface area contributed by atoms with E-state index < -0.39 is 6.17 Å². The highest BCUT2D eigenvalue weighted by Crippen LogP contribution is 2.45. The molecular weight excluding hydrogens is 486 g/mol. The molecule has 1 heterocycles. The lowest BCUT2D eigenvalue weighted by Crippen LogP contribution is -2.38. The van der Waals surface area contributed by atoms with E-state index >= 15 is 0 Å². The number of halogens is 1. The van der Waals surface area contributed by atoms with E-state index in [2.05, 4.69) is 0 Å². The Morgan fingerprint density at radius 3 is 2.16 bits per heavy atom. The van der Waals surface area contributed by atoms with E-state index in [0.29, 0.717) is 22.4 Å². The molecule has 6 nitrogen and oxygen atoms in total. The van der Waals surface area contributed by atoms with Gasteiger partial charge in [-0.2, -0.15) is 0 Å². The lowest BCUT2D eigenvalue weighted by atomic mass is 10.1. The van der Waals surface area contributed by atoms with Gasteiger partial charge in [0, 0.05) is 28.8 Å². The van der Waals surface area contributed by atoms with Crippen molar-refractivity contribution >= 4 is 34.6 Å². The minimum absolute atomic E-state index is 0.145. The highest BCUT2D eigenvalue weighted by molar-refractivity contribution is 6.44. The summed E-state index contributed by atoms with van der Waals surface area (Å²) in [5.41, 5.74) is 3.32. The molecule has 0 saturated carbocycles. The van der Waals surface area contributed by atoms with Crippen molar-refractivity contribution in [2.45, 2.75) is 19.7 Å². The largest absolute Gasteiger partial charge is 0.493 e. The van der Waals surface area contributed by atoms with E-state index in [1.54, 1.807) is 7.11 Å². The van der Waals surface area contributed by atoms with Gasteiger partial charge in [-0.3, -0.25) is 9.69 Å². The third-order valence-electron chi connectivity index (χ3n) is 6.11. The summed E-state index contributed by atoms with van der Waals surface area (Å²) in [6, 6.07) is 32.8. The molecule has 0 aliphatic carbocycles. The number of carbonyl (C=O) groups excluding carboxylic acids is 1. The fraction of sp³-hybridized carbons (Fsp3) is 0.133. The monoisotopic (exact) mass is 511 g/mol. The standard InChI is InChI=1S/C30H26ClN3O3/c1-21(35)29-32-34(24-15-7-4-8-16-24)30(33(29)23-13-5-3-6-14-23)25-17-11-19-27(36-2)28(25)37-20-22-12-9-10-18-26(22)31/h3-19,30H,20H2,1-2H3/t30-/m1/s1. The first-order valence-corrected chi connectivity index (χ1v) is 12.3. The number of carbonyl (C=O) groups is 1. The number of hydrogen-bond donors (Lipinski definition) is 0. The molecule has 0 unspecified atom stereocenters. The van der Waals surface area contributed by atoms with Crippen molar-refractivity contribution in [2.24, 2.45) is 5.10 Å². The van der Waals surface area contributed by atoms with Crippen molar-refractivity contribution < 1.29 is 14.3 Å². The van der Waals surface area contributed by atoms with Crippen molar-refractivity contribution in [3.05, 3.63) is 119 Å². The first-order chi connectivity index (χ1) is 18.1. The molecule has 0 spiro atoms. The number of hydrogen-bond acceptors (Lipinski definition) is 6. The Kier molecular flexibility index (Phi) is 7.10. The summed E-state index contributed by atoms with van der Waals surface area (Å²) in [5.74, 6) is 1.31. The van der Waals surface area contributed by atoms with Crippen LogP contribution in [0.25, 0.3) is 0 Å². The Labute approximate surface area is 221 Å². The van der Waals surface area contributed by atoms with Crippen LogP contribution in [0.2, 0.25) is 5.02 Å². The average molecular weight is 512 g/mol. The Bertz CT molecular complexity index is 1430. The first-order valence-electron chi connectivity index (χ1n) is 11.9. The number of benzene rings is 4. The van der Waals surface area contributed by atoms with Crippen LogP contribution in [0.5, 0.6) is 11.5 Å². The molecule has 4 aromatic carbocycles. The SMILES string of the molecule is COc1cccc([C@H]2N(c3ccccc3)N=C(C(C)=O)N2c2ccccc2)c1OCc1ccccc1Cl. The molecule has 5 rings (SSSR count). The Balaban J connectivity index is 1.67. The van der Waals surface area contributed by atoms with E-state index in [1.165, 1.54) is 6.92 Å². The summed E-state index contributed by atoms with van der Waals surface area (Å²) in [5, 5.41) is 7.28. The van der Waals surface area contributed by atoms with Crippen LogP contribution in [0.1, 0.15) is 24.2 Å². The second-order valence-electron chi connectivity index (χ2n) is 8.50. The summed E-state index contributed by atoms with van der Waals surface area (Å²) in [4.78, 5) is 14.8. The summed E-state index contributed by atoms with van der Waals surface area (Å²) in [6.45, 7) is 1.78. The molecule has 37 heavy (non-hydrogen) atoms. The summed E-state index contributed by atoms with van der Waals surface area (Å²) in [6.07, 6.45) is -0.514. The maximum Gasteiger partial charge on any atom is 0.198 e. The smallest absolute Gasteiger partial charge is 0.198 e. The molecule has 0 saturated heterocycles. The zero-order valence-electron chi connectivity index (χ0n) is 20.5. The fourth-order valence-electron chi connectivity index (χ4n) is 4.39. The van der Waals surface area contributed by atoms with Gasteiger partial charge in [0.15, 0.2) is 29.3 Å².